The van der Waals surface area contributed by atoms with E-state index in [2.05, 4.69) is 37.6 Å². The Morgan fingerprint density at radius 2 is 0.850 bits per heavy atom. The first-order valence-corrected chi connectivity index (χ1v) is 6.44. The topological polar surface area (TPSA) is 29.5 Å². The standard InChI is InChI=1S/C3H8O2.5C3H6/c1-5-3-2-4;5*1-3-2/h4H,2-3H2,1H3;5*3H,1H2,2H3. The van der Waals surface area contributed by atoms with E-state index in [0.717, 1.165) is 0 Å². The molecule has 0 spiro atoms. The van der Waals surface area contributed by atoms with Crippen LogP contribution in [-0.2, 0) is 4.74 Å². The third kappa shape index (κ3) is 10500. The smallest absolute Gasteiger partial charge is 0.0693 e. The Hall–Kier alpha value is -1.38. The second-order valence-electron chi connectivity index (χ2n) is 2.76. The molecule has 0 atom stereocenters. The fourth-order valence-corrected chi connectivity index (χ4v) is 0.0913. The molecular formula is C18H38O2. The van der Waals surface area contributed by atoms with Gasteiger partial charge < -0.3 is 9.84 Å². The molecule has 0 aromatic carbocycles. The van der Waals surface area contributed by atoms with Gasteiger partial charge in [0.25, 0.3) is 0 Å². The summed E-state index contributed by atoms with van der Waals surface area (Å²) in [7, 11) is 1.55. The van der Waals surface area contributed by atoms with Crippen LogP contribution in [0, 0.1) is 0 Å². The number of methoxy groups -OCH3 is 1. The van der Waals surface area contributed by atoms with E-state index in [1.165, 1.54) is 0 Å². The maximum absolute atomic E-state index is 7.94. The van der Waals surface area contributed by atoms with Gasteiger partial charge in [0.05, 0.1) is 13.2 Å². The van der Waals surface area contributed by atoms with Gasteiger partial charge in [0, 0.05) is 7.11 Å². The lowest BCUT2D eigenvalue weighted by atomic mass is 10.8. The van der Waals surface area contributed by atoms with E-state index in [-0.39, 0.29) is 6.61 Å². The minimum atomic E-state index is 0.122. The average molecular weight is 286 g/mol. The van der Waals surface area contributed by atoms with Gasteiger partial charge in [-0.15, -0.1) is 32.9 Å². The molecule has 2 nitrogen and oxygen atoms in total. The normalized spacial score (nSPS) is 5.35. The minimum absolute atomic E-state index is 0.122. The van der Waals surface area contributed by atoms with E-state index in [9.17, 15) is 0 Å². The van der Waals surface area contributed by atoms with E-state index >= 15 is 0 Å². The fourth-order valence-electron chi connectivity index (χ4n) is 0.0913. The molecule has 0 aliphatic carbocycles. The molecule has 2 heteroatoms. The summed E-state index contributed by atoms with van der Waals surface area (Å²) < 4.78 is 4.44. The molecule has 0 saturated heterocycles. The molecule has 0 saturated carbocycles. The van der Waals surface area contributed by atoms with Crippen molar-refractivity contribution in [2.75, 3.05) is 20.3 Å². The number of aliphatic hydroxyl groups is 1. The summed E-state index contributed by atoms with van der Waals surface area (Å²) in [5.41, 5.74) is 0. The van der Waals surface area contributed by atoms with E-state index in [4.69, 9.17) is 5.11 Å². The van der Waals surface area contributed by atoms with Crippen molar-refractivity contribution < 1.29 is 9.84 Å². The maximum Gasteiger partial charge on any atom is 0.0693 e. The van der Waals surface area contributed by atoms with Gasteiger partial charge in [-0.3, -0.25) is 0 Å². The monoisotopic (exact) mass is 286 g/mol. The van der Waals surface area contributed by atoms with Crippen LogP contribution in [0.2, 0.25) is 0 Å². The molecule has 0 bridgehead atoms. The summed E-state index contributed by atoms with van der Waals surface area (Å²) in [6.45, 7) is 26.8. The number of rotatable bonds is 2. The summed E-state index contributed by atoms with van der Waals surface area (Å²) in [5, 5.41) is 7.94. The summed E-state index contributed by atoms with van der Waals surface area (Å²) in [4.78, 5) is 0. The Bertz CT molecular complexity index is 113. The highest BCUT2D eigenvalue weighted by Gasteiger charge is 1.67. The van der Waals surface area contributed by atoms with Crippen LogP contribution >= 0.6 is 0 Å². The van der Waals surface area contributed by atoms with Gasteiger partial charge in [-0.05, 0) is 34.6 Å². The van der Waals surface area contributed by atoms with Crippen molar-refractivity contribution >= 4 is 0 Å². The molecule has 0 radical (unpaired) electrons. The van der Waals surface area contributed by atoms with Crippen LogP contribution in [0.1, 0.15) is 34.6 Å². The summed E-state index contributed by atoms with van der Waals surface area (Å²) in [5.74, 6) is 0. The molecular weight excluding hydrogens is 248 g/mol. The van der Waals surface area contributed by atoms with Gasteiger partial charge in [0.1, 0.15) is 0 Å². The Morgan fingerprint density at radius 1 is 0.700 bits per heavy atom. The average Bonchev–Trinajstić information content (AvgIpc) is 2.35. The fraction of sp³-hybridized carbons (Fsp3) is 0.444. The van der Waals surface area contributed by atoms with E-state index in [1.54, 1.807) is 37.5 Å². The summed E-state index contributed by atoms with van der Waals surface area (Å²) >= 11 is 0. The quantitative estimate of drug-likeness (QED) is 0.671. The summed E-state index contributed by atoms with van der Waals surface area (Å²) in [6, 6.07) is 0. The van der Waals surface area contributed by atoms with Gasteiger partial charge in [-0.1, -0.05) is 30.4 Å². The Morgan fingerprint density at radius 3 is 0.850 bits per heavy atom. The van der Waals surface area contributed by atoms with Crippen molar-refractivity contribution in [1.29, 1.82) is 0 Å². The van der Waals surface area contributed by atoms with Crippen molar-refractivity contribution in [1.82, 2.24) is 0 Å². The van der Waals surface area contributed by atoms with E-state index in [0.29, 0.717) is 6.61 Å². The molecule has 0 aromatic heterocycles. The molecule has 0 amide bonds. The molecule has 0 aliphatic heterocycles. The van der Waals surface area contributed by atoms with Crippen LogP contribution in [-0.4, -0.2) is 25.4 Å². The lowest BCUT2D eigenvalue weighted by molar-refractivity contribution is 0.135. The first kappa shape index (κ1) is 36.3. The molecule has 0 aromatic rings. The highest BCUT2D eigenvalue weighted by atomic mass is 16.5. The van der Waals surface area contributed by atoms with Gasteiger partial charge in [0.2, 0.25) is 0 Å². The third-order valence-electron chi connectivity index (χ3n) is 0.295. The Labute approximate surface area is 128 Å². The number of ether oxygens (including phenoxy) is 1. The van der Waals surface area contributed by atoms with Gasteiger partial charge >= 0.3 is 0 Å². The lowest BCUT2D eigenvalue weighted by Crippen LogP contribution is -1.91. The first-order chi connectivity index (χ1) is 9.49. The molecule has 0 fully saturated rings. The first-order valence-electron chi connectivity index (χ1n) is 6.44. The SMILES string of the molecule is C=CC.C=CC.C=CC.C=CC.C=CC.COCCO. The molecule has 1 N–H and O–H groups in total. The van der Waals surface area contributed by atoms with Crippen LogP contribution in [0.15, 0.2) is 63.3 Å². The maximum atomic E-state index is 7.94. The second-order valence-corrected chi connectivity index (χ2v) is 2.76. The van der Waals surface area contributed by atoms with Gasteiger partial charge in [-0.25, -0.2) is 0 Å². The summed E-state index contributed by atoms with van der Waals surface area (Å²) in [6.07, 6.45) is 8.75. The predicted molar refractivity (Wildman–Crippen MR) is 98.3 cm³/mol. The zero-order chi connectivity index (χ0) is 17.7. The largest absolute Gasteiger partial charge is 0.394 e. The molecule has 0 rings (SSSR count). The third-order valence-corrected chi connectivity index (χ3v) is 0.295. The van der Waals surface area contributed by atoms with Crippen LogP contribution < -0.4 is 0 Å². The molecule has 122 valence electrons. The van der Waals surface area contributed by atoms with Crippen molar-refractivity contribution in [2.45, 2.75) is 34.6 Å². The lowest BCUT2D eigenvalue weighted by Gasteiger charge is -1.84. The minimum Gasteiger partial charge on any atom is -0.394 e. The van der Waals surface area contributed by atoms with Crippen LogP contribution in [0.5, 0.6) is 0 Å². The van der Waals surface area contributed by atoms with Crippen LogP contribution in [0.25, 0.3) is 0 Å². The number of hydrogen-bond donors (Lipinski definition) is 1. The van der Waals surface area contributed by atoms with Crippen LogP contribution in [0.3, 0.4) is 0 Å². The van der Waals surface area contributed by atoms with Crippen molar-refractivity contribution in [2.24, 2.45) is 0 Å². The van der Waals surface area contributed by atoms with Gasteiger partial charge in [-0.2, -0.15) is 0 Å². The second kappa shape index (κ2) is 111. The van der Waals surface area contributed by atoms with Crippen molar-refractivity contribution in [3.8, 4) is 0 Å². The number of allylic oxidation sites excluding steroid dienone is 5. The molecule has 20 heavy (non-hydrogen) atoms. The van der Waals surface area contributed by atoms with Crippen molar-refractivity contribution in [3.63, 3.8) is 0 Å². The zero-order valence-electron chi connectivity index (χ0n) is 14.7. The highest BCUT2D eigenvalue weighted by Crippen LogP contribution is 1.56. The molecule has 0 aliphatic rings. The highest BCUT2D eigenvalue weighted by molar-refractivity contribution is 4.52. The Kier molecular flexibility index (Phi) is 202. The molecule has 0 unspecified atom stereocenters. The van der Waals surface area contributed by atoms with Crippen molar-refractivity contribution in [3.05, 3.63) is 63.3 Å². The van der Waals surface area contributed by atoms with Crippen LogP contribution in [0.4, 0.5) is 0 Å². The van der Waals surface area contributed by atoms with E-state index < -0.39 is 0 Å². The predicted octanol–water partition coefficient (Wildman–Crippen LogP) is 5.59. The van der Waals surface area contributed by atoms with Gasteiger partial charge in [0.15, 0.2) is 0 Å². The Balaban J connectivity index is -0.0000000299. The number of aliphatic hydroxyl groups excluding tert-OH is 1. The zero-order valence-corrected chi connectivity index (χ0v) is 14.7. The van der Waals surface area contributed by atoms with E-state index in [1.807, 2.05) is 34.6 Å². The number of hydrogen-bond acceptors (Lipinski definition) is 2. The molecule has 0 heterocycles.